The number of hydrogen-bond acceptors (Lipinski definition) is 12. The first-order valence-electron chi connectivity index (χ1n) is 7.99. The number of nitrogen functional groups attached to an aromatic ring is 1. The predicted molar refractivity (Wildman–Crippen MR) is 97.9 cm³/mol. The summed E-state index contributed by atoms with van der Waals surface area (Å²) in [4.78, 5) is 51.2. The molecule has 1 aromatic rings. The van der Waals surface area contributed by atoms with Crippen molar-refractivity contribution in [2.75, 3.05) is 12.3 Å². The van der Waals surface area contributed by atoms with Gasteiger partial charge in [0.05, 0.1) is 6.61 Å². The van der Waals surface area contributed by atoms with Crippen LogP contribution in [0.15, 0.2) is 17.1 Å². The fraction of sp³-hybridized carbons (Fsp3) is 0.636. The van der Waals surface area contributed by atoms with Gasteiger partial charge in [-0.3, -0.25) is 9.09 Å². The lowest BCUT2D eigenvalue weighted by atomic mass is 9.89. The second-order valence-electron chi connectivity index (χ2n) is 6.82. The molecule has 0 amide bonds. The zero-order chi connectivity index (χ0) is 24.0. The molecule has 31 heavy (non-hydrogen) atoms. The van der Waals surface area contributed by atoms with E-state index in [0.29, 0.717) is 0 Å². The Hall–Kier alpha value is -1.03. The summed E-state index contributed by atoms with van der Waals surface area (Å²) < 4.78 is 51.8. The minimum absolute atomic E-state index is 0.130. The number of rotatable bonds is 8. The Morgan fingerprint density at radius 3 is 2.29 bits per heavy atom. The topological polar surface area (TPSA) is 270 Å². The van der Waals surface area contributed by atoms with Crippen LogP contribution in [0.1, 0.15) is 20.1 Å². The molecule has 2 heterocycles. The van der Waals surface area contributed by atoms with E-state index in [1.165, 1.54) is 6.07 Å². The summed E-state index contributed by atoms with van der Waals surface area (Å²) in [5.74, 6) is -0.130. The molecule has 3 unspecified atom stereocenters. The van der Waals surface area contributed by atoms with E-state index >= 15 is 0 Å². The van der Waals surface area contributed by atoms with Gasteiger partial charge in [0.1, 0.15) is 23.1 Å². The van der Waals surface area contributed by atoms with Crippen molar-refractivity contribution in [1.29, 1.82) is 0 Å². The Morgan fingerprint density at radius 2 is 1.77 bits per heavy atom. The van der Waals surface area contributed by atoms with Gasteiger partial charge < -0.3 is 40.3 Å². The molecule has 0 aliphatic carbocycles. The summed E-state index contributed by atoms with van der Waals surface area (Å²) in [7, 11) is -16.8. The third-order valence-corrected chi connectivity index (χ3v) is 7.83. The number of aromatic nitrogens is 2. The summed E-state index contributed by atoms with van der Waals surface area (Å²) in [6.45, 7) is 1.12. The van der Waals surface area contributed by atoms with Crippen molar-refractivity contribution in [2.24, 2.45) is 0 Å². The molecule has 0 radical (unpaired) electrons. The number of aliphatic hydroxyl groups is 2. The number of phosphoric ester groups is 1. The molecule has 0 spiro atoms. The zero-order valence-corrected chi connectivity index (χ0v) is 18.5. The second-order valence-corrected chi connectivity index (χ2v) is 11.2. The van der Waals surface area contributed by atoms with E-state index in [2.05, 4.69) is 18.1 Å². The molecule has 20 heteroatoms. The maximum absolute atomic E-state index is 12.0. The molecule has 6 atom stereocenters. The van der Waals surface area contributed by atoms with E-state index in [9.17, 15) is 33.6 Å². The lowest BCUT2D eigenvalue weighted by Gasteiger charge is -2.30. The second kappa shape index (κ2) is 8.39. The van der Waals surface area contributed by atoms with Gasteiger partial charge in [0.15, 0.2) is 6.23 Å². The van der Waals surface area contributed by atoms with E-state index in [4.69, 9.17) is 25.2 Å². The van der Waals surface area contributed by atoms with Crippen LogP contribution in [-0.4, -0.2) is 63.3 Å². The van der Waals surface area contributed by atoms with Gasteiger partial charge in [-0.2, -0.15) is 13.6 Å². The maximum atomic E-state index is 12.0. The molecule has 1 saturated heterocycles. The van der Waals surface area contributed by atoms with Gasteiger partial charge in [0, 0.05) is 6.20 Å². The number of nitrogens with zero attached hydrogens (tertiary/aromatic N) is 2. The molecule has 1 aromatic heterocycles. The number of anilines is 1. The Labute approximate surface area is 173 Å². The average Bonchev–Trinajstić information content (AvgIpc) is 2.71. The normalized spacial score (nSPS) is 33.0. The smallest absolute Gasteiger partial charge is 0.387 e. The van der Waals surface area contributed by atoms with Crippen molar-refractivity contribution in [2.45, 2.75) is 37.4 Å². The van der Waals surface area contributed by atoms with Gasteiger partial charge in [-0.05, 0) is 19.9 Å². The highest BCUT2D eigenvalue weighted by molar-refractivity contribution is 7.66. The highest BCUT2D eigenvalue weighted by Gasteiger charge is 2.60. The molecule has 1 aliphatic rings. The van der Waals surface area contributed by atoms with Gasteiger partial charge in [-0.25, -0.2) is 18.5 Å². The SMILES string of the molecule is C[C@]1(COP(=O)(O)OP(=O)(O)OP(=O)(O)O)OC(n2ccc(N)nc2=O)[C@](C)(O)[C@@H]1O. The highest BCUT2D eigenvalue weighted by atomic mass is 31.3. The van der Waals surface area contributed by atoms with E-state index in [1.807, 2.05) is 0 Å². The Kier molecular flexibility index (Phi) is 7.10. The maximum Gasteiger partial charge on any atom is 0.490 e. The molecular weight excluding hydrogens is 491 g/mol. The van der Waals surface area contributed by atoms with Crippen LogP contribution in [0.4, 0.5) is 5.82 Å². The first-order chi connectivity index (χ1) is 13.8. The van der Waals surface area contributed by atoms with Crippen LogP contribution >= 0.6 is 23.5 Å². The summed E-state index contributed by atoms with van der Waals surface area (Å²) in [6, 6.07) is 1.20. The third kappa shape index (κ3) is 6.27. The number of phosphoric acid groups is 3. The molecule has 0 saturated carbocycles. The highest BCUT2D eigenvalue weighted by Crippen LogP contribution is 2.66. The van der Waals surface area contributed by atoms with Crippen molar-refractivity contribution < 1.29 is 61.4 Å². The molecule has 1 fully saturated rings. The van der Waals surface area contributed by atoms with Crippen molar-refractivity contribution in [1.82, 2.24) is 9.55 Å². The number of hydrogen-bond donors (Lipinski definition) is 7. The fourth-order valence-electron chi connectivity index (χ4n) is 2.76. The van der Waals surface area contributed by atoms with Gasteiger partial charge in [-0.1, -0.05) is 0 Å². The standard InChI is InChI=1S/C11H20N3O14P3/c1-10(5-25-30(21,22)28-31(23,24)27-29(18,19)20)7(15)11(2,17)8(26-10)14-4-3-6(12)13-9(14)16/h3-4,7-8,15,17H,5H2,1-2H3,(H,21,22)(H,23,24)(H2,12,13,16)(H2,18,19,20)/t7-,8?,10-,11-/m1/s1. The lowest BCUT2D eigenvalue weighted by molar-refractivity contribution is -0.120. The van der Waals surface area contributed by atoms with Gasteiger partial charge in [-0.15, -0.1) is 0 Å². The van der Waals surface area contributed by atoms with Gasteiger partial charge in [0.25, 0.3) is 0 Å². The van der Waals surface area contributed by atoms with Crippen LogP contribution in [0.3, 0.4) is 0 Å². The Bertz CT molecular complexity index is 1040. The Balaban J connectivity index is 2.21. The molecule has 178 valence electrons. The first kappa shape index (κ1) is 26.2. The number of aliphatic hydroxyl groups excluding tert-OH is 1. The summed E-state index contributed by atoms with van der Waals surface area (Å²) in [5, 5.41) is 21.1. The lowest BCUT2D eigenvalue weighted by Crippen LogP contribution is -2.50. The third-order valence-electron chi connectivity index (χ3n) is 4.05. The van der Waals surface area contributed by atoms with Crippen LogP contribution < -0.4 is 11.4 Å². The minimum atomic E-state index is -5.75. The number of ether oxygens (including phenoxy) is 1. The number of nitrogens with two attached hydrogens (primary N) is 1. The Morgan fingerprint density at radius 1 is 1.19 bits per heavy atom. The van der Waals surface area contributed by atoms with Crippen molar-refractivity contribution in [3.05, 3.63) is 22.7 Å². The van der Waals surface area contributed by atoms with E-state index in [-0.39, 0.29) is 5.82 Å². The van der Waals surface area contributed by atoms with Crippen LogP contribution in [0.2, 0.25) is 0 Å². The quantitative estimate of drug-likeness (QED) is 0.197. The molecule has 1 aliphatic heterocycles. The van der Waals surface area contributed by atoms with Crippen LogP contribution in [0, 0.1) is 0 Å². The molecule has 0 bridgehead atoms. The van der Waals surface area contributed by atoms with Gasteiger partial charge >= 0.3 is 29.2 Å². The first-order valence-corrected chi connectivity index (χ1v) is 12.5. The summed E-state index contributed by atoms with van der Waals surface area (Å²) >= 11 is 0. The van der Waals surface area contributed by atoms with E-state index in [0.717, 1.165) is 24.6 Å². The summed E-state index contributed by atoms with van der Waals surface area (Å²) in [5.41, 5.74) is 0.266. The van der Waals surface area contributed by atoms with E-state index in [1.54, 1.807) is 0 Å². The van der Waals surface area contributed by atoms with Gasteiger partial charge in [0.2, 0.25) is 0 Å². The predicted octanol–water partition coefficient (Wildman–Crippen LogP) is -1.43. The van der Waals surface area contributed by atoms with Crippen molar-refractivity contribution >= 4 is 29.3 Å². The molecular formula is C11H20N3O14P3. The minimum Gasteiger partial charge on any atom is -0.387 e. The molecule has 17 nitrogen and oxygen atoms in total. The van der Waals surface area contributed by atoms with Crippen LogP contribution in [-0.2, 0) is 31.6 Å². The van der Waals surface area contributed by atoms with Crippen molar-refractivity contribution in [3.8, 4) is 0 Å². The van der Waals surface area contributed by atoms with Crippen LogP contribution in [0.25, 0.3) is 0 Å². The average molecular weight is 511 g/mol. The van der Waals surface area contributed by atoms with E-state index < -0.39 is 59.3 Å². The van der Waals surface area contributed by atoms with Crippen LogP contribution in [0.5, 0.6) is 0 Å². The molecule has 8 N–H and O–H groups in total. The zero-order valence-electron chi connectivity index (χ0n) is 15.8. The fourth-order valence-corrected chi connectivity index (χ4v) is 5.87. The molecule has 2 rings (SSSR count). The monoisotopic (exact) mass is 511 g/mol. The van der Waals surface area contributed by atoms with Crippen molar-refractivity contribution in [3.63, 3.8) is 0 Å². The largest absolute Gasteiger partial charge is 0.490 e. The summed E-state index contributed by atoms with van der Waals surface area (Å²) in [6.07, 6.45) is -2.32. The molecule has 0 aromatic carbocycles.